The summed E-state index contributed by atoms with van der Waals surface area (Å²) >= 11 is 1.51. The number of aromatic hydroxyl groups is 1. The summed E-state index contributed by atoms with van der Waals surface area (Å²) in [7, 11) is 0. The van der Waals surface area contributed by atoms with Gasteiger partial charge in [0.15, 0.2) is 5.75 Å². The summed E-state index contributed by atoms with van der Waals surface area (Å²) in [5, 5.41) is 12.6. The van der Waals surface area contributed by atoms with Crippen molar-refractivity contribution in [1.29, 1.82) is 0 Å². The van der Waals surface area contributed by atoms with Crippen molar-refractivity contribution >= 4 is 27.1 Å². The molecule has 0 spiro atoms. The number of hydrogen-bond acceptors (Lipinski definition) is 3. The Bertz CT molecular complexity index is 433. The Labute approximate surface area is 74.3 Å². The van der Waals surface area contributed by atoms with Crippen molar-refractivity contribution in [2.24, 2.45) is 0 Å². The molecule has 0 bridgehead atoms. The minimum Gasteiger partial charge on any atom is -0.504 e. The highest BCUT2D eigenvalue weighted by Gasteiger charge is 2.07. The summed E-state index contributed by atoms with van der Waals surface area (Å²) < 4.78 is 0.873. The largest absolute Gasteiger partial charge is 0.504 e. The fourth-order valence-corrected chi connectivity index (χ4v) is 2.08. The molecule has 1 aromatic heterocycles. The number of thiophene rings is 1. The topological polar surface area (TPSA) is 46.2 Å². The van der Waals surface area contributed by atoms with Gasteiger partial charge in [-0.3, -0.25) is 0 Å². The van der Waals surface area contributed by atoms with E-state index in [1.54, 1.807) is 0 Å². The molecule has 0 saturated heterocycles. The van der Waals surface area contributed by atoms with Crippen molar-refractivity contribution in [3.63, 3.8) is 0 Å². The molecule has 0 aliphatic heterocycles. The van der Waals surface area contributed by atoms with Gasteiger partial charge >= 0.3 is 0 Å². The SMILES string of the molecule is Cc1cc2ccsc2c(O)c1N. The first-order valence-electron chi connectivity index (χ1n) is 3.65. The molecule has 0 saturated carbocycles. The highest BCUT2D eigenvalue weighted by molar-refractivity contribution is 7.17. The zero-order valence-corrected chi connectivity index (χ0v) is 7.48. The van der Waals surface area contributed by atoms with Gasteiger partial charge in [-0.05, 0) is 35.4 Å². The molecular formula is C9H9NOS. The van der Waals surface area contributed by atoms with Crippen molar-refractivity contribution in [3.8, 4) is 5.75 Å². The highest BCUT2D eigenvalue weighted by Crippen LogP contribution is 2.36. The van der Waals surface area contributed by atoms with Crippen LogP contribution in [-0.2, 0) is 0 Å². The molecule has 0 radical (unpaired) electrons. The third kappa shape index (κ3) is 0.865. The fourth-order valence-electron chi connectivity index (χ4n) is 1.25. The maximum absolute atomic E-state index is 9.61. The Morgan fingerprint density at radius 2 is 2.25 bits per heavy atom. The number of benzene rings is 1. The van der Waals surface area contributed by atoms with Gasteiger partial charge in [-0.15, -0.1) is 11.3 Å². The van der Waals surface area contributed by atoms with E-state index in [0.717, 1.165) is 15.6 Å². The van der Waals surface area contributed by atoms with E-state index in [2.05, 4.69) is 0 Å². The minimum absolute atomic E-state index is 0.222. The normalized spacial score (nSPS) is 10.8. The van der Waals surface area contributed by atoms with Gasteiger partial charge in [0, 0.05) is 0 Å². The van der Waals surface area contributed by atoms with Crippen LogP contribution in [0.3, 0.4) is 0 Å². The van der Waals surface area contributed by atoms with E-state index in [-0.39, 0.29) is 5.75 Å². The molecular weight excluding hydrogens is 170 g/mol. The molecule has 2 nitrogen and oxygen atoms in total. The van der Waals surface area contributed by atoms with Crippen molar-refractivity contribution < 1.29 is 5.11 Å². The van der Waals surface area contributed by atoms with E-state index >= 15 is 0 Å². The molecule has 0 aliphatic carbocycles. The summed E-state index contributed by atoms with van der Waals surface area (Å²) in [4.78, 5) is 0. The number of nitrogen functional groups attached to an aromatic ring is 1. The summed E-state index contributed by atoms with van der Waals surface area (Å²) in [5.74, 6) is 0.222. The quantitative estimate of drug-likeness (QED) is 0.482. The number of rotatable bonds is 0. The van der Waals surface area contributed by atoms with Crippen LogP contribution in [-0.4, -0.2) is 5.11 Å². The van der Waals surface area contributed by atoms with E-state index < -0.39 is 0 Å². The van der Waals surface area contributed by atoms with Crippen LogP contribution < -0.4 is 5.73 Å². The third-order valence-corrected chi connectivity index (χ3v) is 2.90. The lowest BCUT2D eigenvalue weighted by Crippen LogP contribution is -1.89. The molecule has 12 heavy (non-hydrogen) atoms. The number of phenolic OH excluding ortho intramolecular Hbond substituents is 1. The van der Waals surface area contributed by atoms with Crippen LogP contribution in [0.25, 0.3) is 10.1 Å². The van der Waals surface area contributed by atoms with E-state index in [0.29, 0.717) is 5.69 Å². The van der Waals surface area contributed by atoms with Crippen LogP contribution in [0.15, 0.2) is 17.5 Å². The molecule has 1 heterocycles. The van der Waals surface area contributed by atoms with Crippen LogP contribution >= 0.6 is 11.3 Å². The lowest BCUT2D eigenvalue weighted by molar-refractivity contribution is 0.485. The second-order valence-electron chi connectivity index (χ2n) is 2.79. The predicted molar refractivity (Wildman–Crippen MR) is 52.6 cm³/mol. The molecule has 1 aromatic carbocycles. The van der Waals surface area contributed by atoms with Gasteiger partial charge in [0.25, 0.3) is 0 Å². The van der Waals surface area contributed by atoms with Gasteiger partial charge < -0.3 is 10.8 Å². The van der Waals surface area contributed by atoms with Crippen molar-refractivity contribution in [2.75, 3.05) is 5.73 Å². The van der Waals surface area contributed by atoms with E-state index in [4.69, 9.17) is 5.73 Å². The lowest BCUT2D eigenvalue weighted by atomic mass is 10.1. The first kappa shape index (κ1) is 7.43. The van der Waals surface area contributed by atoms with Crippen LogP contribution in [0, 0.1) is 6.92 Å². The van der Waals surface area contributed by atoms with Gasteiger partial charge in [0.2, 0.25) is 0 Å². The number of fused-ring (bicyclic) bond motifs is 1. The maximum atomic E-state index is 9.61. The second-order valence-corrected chi connectivity index (χ2v) is 3.71. The number of hydrogen-bond donors (Lipinski definition) is 2. The molecule has 0 aliphatic rings. The van der Waals surface area contributed by atoms with Gasteiger partial charge in [-0.25, -0.2) is 0 Å². The molecule has 62 valence electrons. The Kier molecular flexibility index (Phi) is 1.48. The third-order valence-electron chi connectivity index (χ3n) is 1.96. The number of anilines is 1. The number of nitrogens with two attached hydrogens (primary N) is 1. The molecule has 2 aromatic rings. The molecule has 3 N–H and O–H groups in total. The molecule has 0 unspecified atom stereocenters. The van der Waals surface area contributed by atoms with E-state index in [1.165, 1.54) is 11.3 Å². The monoisotopic (exact) mass is 179 g/mol. The minimum atomic E-state index is 0.222. The van der Waals surface area contributed by atoms with Crippen LogP contribution in [0.1, 0.15) is 5.56 Å². The van der Waals surface area contributed by atoms with Crippen LogP contribution in [0.4, 0.5) is 5.69 Å². The molecule has 2 rings (SSSR count). The van der Waals surface area contributed by atoms with Crippen LogP contribution in [0.5, 0.6) is 5.75 Å². The van der Waals surface area contributed by atoms with Crippen LogP contribution in [0.2, 0.25) is 0 Å². The van der Waals surface area contributed by atoms with Gasteiger partial charge in [-0.2, -0.15) is 0 Å². The van der Waals surface area contributed by atoms with Gasteiger partial charge in [0.05, 0.1) is 10.4 Å². The first-order valence-corrected chi connectivity index (χ1v) is 4.53. The highest BCUT2D eigenvalue weighted by atomic mass is 32.1. The fraction of sp³-hybridized carbons (Fsp3) is 0.111. The second kappa shape index (κ2) is 2.38. The smallest absolute Gasteiger partial charge is 0.156 e. The van der Waals surface area contributed by atoms with Crippen molar-refractivity contribution in [2.45, 2.75) is 6.92 Å². The molecule has 3 heteroatoms. The first-order chi connectivity index (χ1) is 5.70. The summed E-state index contributed by atoms with van der Waals surface area (Å²) in [6.07, 6.45) is 0. The molecule has 0 amide bonds. The van der Waals surface area contributed by atoms with Gasteiger partial charge in [0.1, 0.15) is 0 Å². The van der Waals surface area contributed by atoms with E-state index in [1.807, 2.05) is 24.4 Å². The number of aryl methyl sites for hydroxylation is 1. The Morgan fingerprint density at radius 1 is 1.50 bits per heavy atom. The molecule has 0 atom stereocenters. The number of phenols is 1. The summed E-state index contributed by atoms with van der Waals surface area (Å²) in [6.45, 7) is 1.90. The van der Waals surface area contributed by atoms with E-state index in [9.17, 15) is 5.11 Å². The van der Waals surface area contributed by atoms with Crippen molar-refractivity contribution in [3.05, 3.63) is 23.1 Å². The standard InChI is InChI=1S/C9H9NOS/c1-5-4-6-2-3-12-9(6)8(11)7(5)10/h2-4,11H,10H2,1H3. The Hall–Kier alpha value is -1.22. The molecule has 0 fully saturated rings. The zero-order chi connectivity index (χ0) is 8.72. The summed E-state index contributed by atoms with van der Waals surface area (Å²) in [6, 6.07) is 3.97. The maximum Gasteiger partial charge on any atom is 0.156 e. The van der Waals surface area contributed by atoms with Gasteiger partial charge in [-0.1, -0.05) is 0 Å². The average Bonchev–Trinajstić information content (AvgIpc) is 2.48. The Balaban J connectivity index is 2.94. The Morgan fingerprint density at radius 3 is 3.00 bits per heavy atom. The predicted octanol–water partition coefficient (Wildman–Crippen LogP) is 2.50. The zero-order valence-electron chi connectivity index (χ0n) is 6.66. The van der Waals surface area contributed by atoms with Crippen molar-refractivity contribution in [1.82, 2.24) is 0 Å². The summed E-state index contributed by atoms with van der Waals surface area (Å²) in [5.41, 5.74) is 7.08. The average molecular weight is 179 g/mol. The lowest BCUT2D eigenvalue weighted by Gasteiger charge is -2.03.